The standard InChI is InChI=1S/C32H20F12O3P.K/c33-29(34,35)27(30(36,37)38)22-15-7-9-17-24(22)48(46-27,19-26(45-48,20-11-3-1-4-12-20)21-13-5-2-6-14-21)25-18-10-8-16-23(25)28(47-48,31(39,40)41)32(42,43)44;/h1-18H,19H2;/q-1;+1. The van der Waals surface area contributed by atoms with Crippen molar-refractivity contribution in [2.75, 3.05) is 6.16 Å². The fourth-order valence-electron chi connectivity index (χ4n) is 7.89. The van der Waals surface area contributed by atoms with Crippen LogP contribution in [0.25, 0.3) is 0 Å². The molecule has 1 spiro atoms. The molecule has 3 heterocycles. The molecule has 0 radical (unpaired) electrons. The molecule has 0 bridgehead atoms. The predicted molar refractivity (Wildman–Crippen MR) is 148 cm³/mol. The van der Waals surface area contributed by atoms with E-state index in [-0.39, 0.29) is 62.5 Å². The van der Waals surface area contributed by atoms with Gasteiger partial charge in [-0.05, 0) is 0 Å². The molecule has 0 amide bonds. The molecule has 1 saturated heterocycles. The van der Waals surface area contributed by atoms with Crippen LogP contribution in [0.15, 0.2) is 109 Å². The van der Waals surface area contributed by atoms with Gasteiger partial charge in [0.25, 0.3) is 0 Å². The van der Waals surface area contributed by atoms with Gasteiger partial charge in [0.2, 0.25) is 0 Å². The van der Waals surface area contributed by atoms with Gasteiger partial charge in [-0.15, -0.1) is 0 Å². The fraction of sp³-hybridized carbons (Fsp3) is 0.250. The van der Waals surface area contributed by atoms with Gasteiger partial charge in [-0.1, -0.05) is 0 Å². The van der Waals surface area contributed by atoms with E-state index in [0.29, 0.717) is 24.3 Å². The molecule has 0 aromatic heterocycles. The van der Waals surface area contributed by atoms with Crippen molar-refractivity contribution in [2.45, 2.75) is 41.5 Å². The minimum atomic E-state index is -8.15. The van der Waals surface area contributed by atoms with E-state index in [2.05, 4.69) is 0 Å². The Hall–Kier alpha value is -2.01. The quantitative estimate of drug-likeness (QED) is 0.140. The van der Waals surface area contributed by atoms with Crippen molar-refractivity contribution in [1.82, 2.24) is 0 Å². The summed E-state index contributed by atoms with van der Waals surface area (Å²) in [5, 5.41) is -2.69. The zero-order valence-corrected chi connectivity index (χ0v) is 28.8. The summed E-state index contributed by atoms with van der Waals surface area (Å²) in [5.41, 5.74) is -16.9. The summed E-state index contributed by atoms with van der Waals surface area (Å²) in [6, 6.07) is 18.8. The second-order valence-corrected chi connectivity index (χ2v) is 17.0. The number of hydrogen-bond acceptors (Lipinski definition) is 3. The van der Waals surface area contributed by atoms with E-state index < -0.39 is 76.0 Å². The smallest absolute Gasteiger partial charge is 1.00 e. The molecule has 0 atom stereocenters. The molecule has 0 saturated carbocycles. The summed E-state index contributed by atoms with van der Waals surface area (Å²) in [6.07, 6.45) is -27.5. The second-order valence-electron chi connectivity index (χ2n) is 12.0. The van der Waals surface area contributed by atoms with Crippen LogP contribution in [0.3, 0.4) is 0 Å². The molecule has 4 aromatic carbocycles. The average molecular weight is 751 g/mol. The van der Waals surface area contributed by atoms with Gasteiger partial charge in [0.15, 0.2) is 0 Å². The SMILES string of the molecule is FC(F)(F)C1(C(F)(F)F)O[P-]23(CC(c4ccccc4)(c4ccccc4)O2)(OC(C(F)(F)F)(C(F)(F)F)c2ccccc23)c2ccccc21.[K+]. The van der Waals surface area contributed by atoms with Gasteiger partial charge in [0.1, 0.15) is 0 Å². The Balaban J connectivity index is 0.00000417. The van der Waals surface area contributed by atoms with Crippen LogP contribution in [0, 0.1) is 0 Å². The maximum atomic E-state index is 15.2. The van der Waals surface area contributed by atoms with E-state index in [9.17, 15) is 0 Å². The van der Waals surface area contributed by atoms with Crippen LogP contribution in [0.5, 0.6) is 0 Å². The van der Waals surface area contributed by atoms with Crippen LogP contribution < -0.4 is 62.0 Å². The third kappa shape index (κ3) is 4.06. The van der Waals surface area contributed by atoms with Crippen molar-refractivity contribution in [3.63, 3.8) is 0 Å². The predicted octanol–water partition coefficient (Wildman–Crippen LogP) is 6.15. The largest absolute Gasteiger partial charge is 1.00 e. The molecule has 17 heteroatoms. The summed E-state index contributed by atoms with van der Waals surface area (Å²) in [6.45, 7) is -8.15. The van der Waals surface area contributed by atoms with Crippen molar-refractivity contribution in [1.29, 1.82) is 0 Å². The Morgan fingerprint density at radius 2 is 0.714 bits per heavy atom. The van der Waals surface area contributed by atoms with Crippen molar-refractivity contribution in [2.24, 2.45) is 0 Å². The van der Waals surface area contributed by atoms with Gasteiger partial charge in [-0.25, -0.2) is 0 Å². The second kappa shape index (κ2) is 10.3. The van der Waals surface area contributed by atoms with Crippen LogP contribution in [-0.4, -0.2) is 30.9 Å². The normalized spacial score (nSPS) is 23.5. The first kappa shape index (κ1) is 36.8. The average Bonchev–Trinajstić information content (AvgIpc) is 3.42. The molecular weight excluding hydrogens is 730 g/mol. The fourth-order valence-corrected chi connectivity index (χ4v) is 16.2. The van der Waals surface area contributed by atoms with Crippen LogP contribution in [0.4, 0.5) is 52.7 Å². The van der Waals surface area contributed by atoms with Crippen molar-refractivity contribution in [3.05, 3.63) is 131 Å². The molecule has 0 aliphatic carbocycles. The minimum absolute atomic E-state index is 0. The van der Waals surface area contributed by atoms with Crippen LogP contribution >= 0.6 is 6.63 Å². The van der Waals surface area contributed by atoms with Crippen molar-refractivity contribution < 1.29 is 118 Å². The Kier molecular flexibility index (Phi) is 7.74. The Labute approximate surface area is 311 Å². The molecule has 1 fully saturated rings. The van der Waals surface area contributed by atoms with Crippen LogP contribution in [0.1, 0.15) is 22.3 Å². The Bertz CT molecular complexity index is 1790. The summed E-state index contributed by atoms with van der Waals surface area (Å²) in [4.78, 5) is 0. The number of halogens is 12. The van der Waals surface area contributed by atoms with E-state index in [0.717, 1.165) is 24.3 Å². The summed E-state index contributed by atoms with van der Waals surface area (Å²) in [7, 11) is 0. The summed E-state index contributed by atoms with van der Waals surface area (Å²) >= 11 is 0. The molecule has 0 unspecified atom stereocenters. The maximum Gasteiger partial charge on any atom is 1.00 e. The first-order chi connectivity index (χ1) is 22.1. The van der Waals surface area contributed by atoms with Gasteiger partial charge in [-0.2, -0.15) is 0 Å². The monoisotopic (exact) mass is 750 g/mol. The van der Waals surface area contributed by atoms with Crippen LogP contribution in [-0.2, 0) is 30.4 Å². The number of fused-ring (bicyclic) bond motifs is 2. The first-order valence-corrected chi connectivity index (χ1v) is 16.6. The van der Waals surface area contributed by atoms with Crippen molar-refractivity contribution in [3.8, 4) is 0 Å². The molecule has 3 aliphatic rings. The molecule has 7 rings (SSSR count). The molecular formula is C32H20F12KO3P. The third-order valence-electron chi connectivity index (χ3n) is 9.51. The van der Waals surface area contributed by atoms with Gasteiger partial charge >= 0.3 is 314 Å². The molecule has 3 aliphatic heterocycles. The Morgan fingerprint density at radius 3 is 1.02 bits per heavy atom. The van der Waals surface area contributed by atoms with Gasteiger partial charge < -0.3 is 0 Å². The molecule has 0 N–H and O–H groups in total. The first-order valence-electron chi connectivity index (χ1n) is 14.0. The van der Waals surface area contributed by atoms with E-state index in [4.69, 9.17) is 13.6 Å². The van der Waals surface area contributed by atoms with E-state index >= 15 is 52.7 Å². The zero-order valence-electron chi connectivity index (χ0n) is 24.8. The van der Waals surface area contributed by atoms with E-state index in [1.807, 2.05) is 0 Å². The van der Waals surface area contributed by atoms with E-state index in [1.54, 1.807) is 0 Å². The molecule has 4 aromatic rings. The topological polar surface area (TPSA) is 27.7 Å². The van der Waals surface area contributed by atoms with E-state index in [1.165, 1.54) is 60.7 Å². The number of benzene rings is 4. The van der Waals surface area contributed by atoms with Gasteiger partial charge in [0.05, 0.1) is 0 Å². The summed E-state index contributed by atoms with van der Waals surface area (Å²) < 4.78 is 200. The number of hydrogen-bond donors (Lipinski definition) is 0. The third-order valence-corrected chi connectivity index (χ3v) is 16.0. The van der Waals surface area contributed by atoms with Gasteiger partial charge in [-0.3, -0.25) is 0 Å². The maximum absolute atomic E-state index is 15.2. The molecule has 3 nitrogen and oxygen atoms in total. The minimum Gasteiger partial charge on any atom is 1.00 e. The Morgan fingerprint density at radius 1 is 0.429 bits per heavy atom. The number of rotatable bonds is 2. The van der Waals surface area contributed by atoms with Gasteiger partial charge in [0, 0.05) is 0 Å². The number of alkyl halides is 12. The van der Waals surface area contributed by atoms with Crippen LogP contribution in [0.2, 0.25) is 0 Å². The molecule has 256 valence electrons. The van der Waals surface area contributed by atoms with Crippen molar-refractivity contribution >= 4 is 17.2 Å². The molecule has 49 heavy (non-hydrogen) atoms. The summed E-state index contributed by atoms with van der Waals surface area (Å²) in [5.74, 6) is 0. The zero-order chi connectivity index (χ0) is 34.9.